The smallest absolute Gasteiger partial charge is 0.343 e. The minimum Gasteiger partial charge on any atom is -0.497 e. The van der Waals surface area contributed by atoms with Crippen LogP contribution < -0.4 is 9.47 Å². The number of carbonyl (C=O) groups is 1. The fourth-order valence-electron chi connectivity index (χ4n) is 3.58. The molecule has 0 saturated heterocycles. The molecule has 0 N–H and O–H groups in total. The Kier molecular flexibility index (Phi) is 8.71. The van der Waals surface area contributed by atoms with Crippen molar-refractivity contribution in [3.8, 4) is 22.6 Å². The van der Waals surface area contributed by atoms with E-state index in [0.29, 0.717) is 17.1 Å². The molecule has 0 amide bonds. The third kappa shape index (κ3) is 6.99. The van der Waals surface area contributed by atoms with E-state index < -0.39 is 0 Å². The number of hydrogen-bond donors (Lipinski definition) is 0. The Morgan fingerprint density at radius 1 is 0.677 bits per heavy atom. The van der Waals surface area contributed by atoms with Gasteiger partial charge in [0.15, 0.2) is 0 Å². The van der Waals surface area contributed by atoms with Gasteiger partial charge in [0.25, 0.3) is 0 Å². The maximum Gasteiger partial charge on any atom is 0.343 e. The van der Waals surface area contributed by atoms with Crippen LogP contribution in [-0.4, -0.2) is 13.1 Å². The second-order valence-electron chi connectivity index (χ2n) is 7.86. The zero-order valence-corrected chi connectivity index (χ0v) is 18.6. The molecule has 0 spiro atoms. The number of hydrogen-bond acceptors (Lipinski definition) is 3. The van der Waals surface area contributed by atoms with Crippen LogP contribution in [0.2, 0.25) is 0 Å². The molecule has 0 fully saturated rings. The van der Waals surface area contributed by atoms with Gasteiger partial charge < -0.3 is 9.47 Å². The van der Waals surface area contributed by atoms with Crippen molar-refractivity contribution < 1.29 is 14.3 Å². The van der Waals surface area contributed by atoms with E-state index in [1.807, 2.05) is 24.3 Å². The predicted molar refractivity (Wildman–Crippen MR) is 127 cm³/mol. The van der Waals surface area contributed by atoms with Gasteiger partial charge in [-0.15, -0.1) is 0 Å². The maximum atomic E-state index is 12.3. The maximum absolute atomic E-state index is 12.3. The lowest BCUT2D eigenvalue weighted by molar-refractivity contribution is 0.0734. The summed E-state index contributed by atoms with van der Waals surface area (Å²) in [5.74, 6) is 0.859. The van der Waals surface area contributed by atoms with Crippen LogP contribution in [0.15, 0.2) is 72.8 Å². The van der Waals surface area contributed by atoms with Gasteiger partial charge in [-0.05, 0) is 65.9 Å². The molecule has 3 aromatic rings. The van der Waals surface area contributed by atoms with Gasteiger partial charge in [0.2, 0.25) is 0 Å². The summed E-state index contributed by atoms with van der Waals surface area (Å²) in [5, 5.41) is 0. The third-order valence-electron chi connectivity index (χ3n) is 5.50. The Morgan fingerprint density at radius 2 is 1.23 bits per heavy atom. The summed E-state index contributed by atoms with van der Waals surface area (Å²) >= 11 is 0. The van der Waals surface area contributed by atoms with Crippen LogP contribution in [0.1, 0.15) is 61.4 Å². The van der Waals surface area contributed by atoms with E-state index in [-0.39, 0.29) is 5.97 Å². The summed E-state index contributed by atoms with van der Waals surface area (Å²) in [7, 11) is 1.60. The molecule has 0 radical (unpaired) electrons. The van der Waals surface area contributed by atoms with Crippen molar-refractivity contribution in [2.24, 2.45) is 0 Å². The Balaban J connectivity index is 1.51. The molecule has 3 heteroatoms. The number of esters is 1. The summed E-state index contributed by atoms with van der Waals surface area (Å²) < 4.78 is 10.6. The predicted octanol–water partition coefficient (Wildman–Crippen LogP) is 7.48. The highest BCUT2D eigenvalue weighted by Crippen LogP contribution is 2.24. The van der Waals surface area contributed by atoms with Crippen LogP contribution in [0, 0.1) is 0 Å². The van der Waals surface area contributed by atoms with Crippen molar-refractivity contribution in [3.05, 3.63) is 83.9 Å². The lowest BCUT2D eigenvalue weighted by atomic mass is 10.0. The van der Waals surface area contributed by atoms with Gasteiger partial charge in [-0.25, -0.2) is 4.79 Å². The molecule has 0 unspecified atom stereocenters. The highest BCUT2D eigenvalue weighted by Gasteiger charge is 2.09. The van der Waals surface area contributed by atoms with Gasteiger partial charge in [-0.1, -0.05) is 75.4 Å². The Hall–Kier alpha value is -3.07. The van der Waals surface area contributed by atoms with Gasteiger partial charge in [0, 0.05) is 0 Å². The van der Waals surface area contributed by atoms with E-state index in [4.69, 9.17) is 9.47 Å². The molecule has 3 rings (SSSR count). The van der Waals surface area contributed by atoms with Crippen molar-refractivity contribution in [2.75, 3.05) is 7.11 Å². The molecule has 0 saturated carbocycles. The summed E-state index contributed by atoms with van der Waals surface area (Å²) in [6.07, 6.45) is 9.09. The zero-order chi connectivity index (χ0) is 21.9. The van der Waals surface area contributed by atoms with Gasteiger partial charge in [0.05, 0.1) is 12.7 Å². The minimum atomic E-state index is -0.380. The van der Waals surface area contributed by atoms with Gasteiger partial charge >= 0.3 is 5.97 Å². The van der Waals surface area contributed by atoms with E-state index in [1.54, 1.807) is 31.4 Å². The van der Waals surface area contributed by atoms with E-state index >= 15 is 0 Å². The largest absolute Gasteiger partial charge is 0.497 e. The van der Waals surface area contributed by atoms with Crippen molar-refractivity contribution in [2.45, 2.75) is 51.9 Å². The van der Waals surface area contributed by atoms with Gasteiger partial charge in [-0.3, -0.25) is 0 Å². The summed E-state index contributed by atoms with van der Waals surface area (Å²) in [6, 6.07) is 23.3. The van der Waals surface area contributed by atoms with E-state index in [2.05, 4.69) is 31.2 Å². The Morgan fingerprint density at radius 3 is 1.84 bits per heavy atom. The average Bonchev–Trinajstić information content (AvgIpc) is 2.82. The second-order valence-corrected chi connectivity index (χ2v) is 7.86. The first-order chi connectivity index (χ1) is 15.2. The molecule has 3 aromatic carbocycles. The molecule has 0 bridgehead atoms. The number of benzene rings is 3. The van der Waals surface area contributed by atoms with Crippen molar-refractivity contribution in [1.29, 1.82) is 0 Å². The van der Waals surface area contributed by atoms with Gasteiger partial charge in [-0.2, -0.15) is 0 Å². The standard InChI is InChI=1S/C28H32O3/c1-3-4-5-6-7-8-9-22-10-12-23(13-11-22)24-14-20-27(21-15-24)31-28(29)25-16-18-26(30-2)19-17-25/h10-21H,3-9H2,1-2H3. The van der Waals surface area contributed by atoms with Crippen molar-refractivity contribution >= 4 is 5.97 Å². The molecule has 0 atom stereocenters. The summed E-state index contributed by atoms with van der Waals surface area (Å²) in [6.45, 7) is 2.25. The summed E-state index contributed by atoms with van der Waals surface area (Å²) in [4.78, 5) is 12.3. The lowest BCUT2D eigenvalue weighted by Gasteiger charge is -2.08. The molecule has 162 valence electrons. The molecule has 0 aromatic heterocycles. The normalized spacial score (nSPS) is 10.6. The average molecular weight is 417 g/mol. The Labute approximate surface area is 186 Å². The number of carbonyl (C=O) groups excluding carboxylic acids is 1. The molecule has 0 aliphatic heterocycles. The SMILES string of the molecule is CCCCCCCCc1ccc(-c2ccc(OC(=O)c3ccc(OC)cc3)cc2)cc1. The molecule has 3 nitrogen and oxygen atoms in total. The fourth-order valence-corrected chi connectivity index (χ4v) is 3.58. The van der Waals surface area contributed by atoms with Crippen LogP contribution in [0.5, 0.6) is 11.5 Å². The number of ether oxygens (including phenoxy) is 2. The second kappa shape index (κ2) is 11.9. The number of aryl methyl sites for hydroxylation is 1. The first-order valence-electron chi connectivity index (χ1n) is 11.2. The van der Waals surface area contributed by atoms with Crippen LogP contribution in [-0.2, 0) is 6.42 Å². The van der Waals surface area contributed by atoms with Crippen molar-refractivity contribution in [3.63, 3.8) is 0 Å². The van der Waals surface area contributed by atoms with Crippen LogP contribution in [0.3, 0.4) is 0 Å². The van der Waals surface area contributed by atoms with E-state index in [9.17, 15) is 4.79 Å². The van der Waals surface area contributed by atoms with Gasteiger partial charge in [0.1, 0.15) is 11.5 Å². The number of unbranched alkanes of at least 4 members (excludes halogenated alkanes) is 5. The van der Waals surface area contributed by atoms with Crippen molar-refractivity contribution in [1.82, 2.24) is 0 Å². The Bertz CT molecular complexity index is 926. The molecule has 31 heavy (non-hydrogen) atoms. The zero-order valence-electron chi connectivity index (χ0n) is 18.6. The van der Waals surface area contributed by atoms with E-state index in [1.165, 1.54) is 49.7 Å². The molecule has 0 heterocycles. The third-order valence-corrected chi connectivity index (χ3v) is 5.50. The molecular weight excluding hydrogens is 384 g/mol. The fraction of sp³-hybridized carbons (Fsp3) is 0.321. The van der Waals surface area contributed by atoms with Crippen LogP contribution in [0.4, 0.5) is 0 Å². The molecule has 0 aliphatic rings. The lowest BCUT2D eigenvalue weighted by Crippen LogP contribution is -2.08. The van der Waals surface area contributed by atoms with E-state index in [0.717, 1.165) is 12.0 Å². The molecular formula is C28H32O3. The first kappa shape index (κ1) is 22.6. The topological polar surface area (TPSA) is 35.5 Å². The molecule has 0 aliphatic carbocycles. The quantitative estimate of drug-likeness (QED) is 0.185. The van der Waals surface area contributed by atoms with Crippen LogP contribution in [0.25, 0.3) is 11.1 Å². The summed E-state index contributed by atoms with van der Waals surface area (Å²) in [5.41, 5.74) is 4.16. The first-order valence-corrected chi connectivity index (χ1v) is 11.2. The number of methoxy groups -OCH3 is 1. The monoisotopic (exact) mass is 416 g/mol. The highest BCUT2D eigenvalue weighted by molar-refractivity contribution is 5.91. The number of rotatable bonds is 11. The highest BCUT2D eigenvalue weighted by atomic mass is 16.5. The minimum absolute atomic E-state index is 0.380. The van der Waals surface area contributed by atoms with Crippen LogP contribution >= 0.6 is 0 Å².